The molecular formula is C38H48BrP. The summed E-state index contributed by atoms with van der Waals surface area (Å²) in [7, 11) is -2.01. The average Bonchev–Trinajstić information content (AvgIpc) is 2.93. The second-order valence-electron chi connectivity index (χ2n) is 11.2. The molecule has 0 radical (unpaired) electrons. The van der Waals surface area contributed by atoms with Gasteiger partial charge in [0.2, 0.25) is 0 Å². The van der Waals surface area contributed by atoms with Gasteiger partial charge in [0.05, 0.1) is 0 Å². The van der Waals surface area contributed by atoms with Crippen molar-refractivity contribution in [2.75, 3.05) is 0 Å². The Morgan fingerprint density at radius 1 is 0.550 bits per heavy atom. The van der Waals surface area contributed by atoms with Crippen LogP contribution in [0, 0.1) is 0 Å². The first-order chi connectivity index (χ1) is 18.8. The molecule has 0 N–H and O–H groups in total. The first kappa shape index (κ1) is 33.7. The first-order valence-corrected chi connectivity index (χ1v) is 16.3. The molecule has 0 saturated heterocycles. The highest BCUT2D eigenvalue weighted by Crippen LogP contribution is 2.61. The summed E-state index contributed by atoms with van der Waals surface area (Å²) in [6.45, 7) is 13.4. The van der Waals surface area contributed by atoms with Crippen LogP contribution in [0.5, 0.6) is 0 Å². The van der Waals surface area contributed by atoms with Gasteiger partial charge in [-0.25, -0.2) is 0 Å². The topological polar surface area (TPSA) is 0 Å². The molecule has 1 atom stereocenters. The van der Waals surface area contributed by atoms with Gasteiger partial charge in [-0.3, -0.25) is 0 Å². The fraction of sp³-hybridized carbons (Fsp3) is 0.316. The third-order valence-corrected chi connectivity index (χ3v) is 12.0. The van der Waals surface area contributed by atoms with E-state index in [1.54, 1.807) is 0 Å². The summed E-state index contributed by atoms with van der Waals surface area (Å²) in [4.78, 5) is 0. The largest absolute Gasteiger partial charge is 1.00 e. The molecule has 0 aliphatic rings. The Balaban J connectivity index is 0.00000560. The molecule has 3 rings (SSSR count). The third-order valence-electron chi connectivity index (χ3n) is 7.36. The number of benzene rings is 3. The van der Waals surface area contributed by atoms with Gasteiger partial charge < -0.3 is 17.0 Å². The minimum atomic E-state index is -2.01. The average molecular weight is 616 g/mol. The predicted molar refractivity (Wildman–Crippen MR) is 178 cm³/mol. The SMILES string of the molecule is CC(C)=CCC/C(C)=C/CC(/C=C(\C)CCC=C(C)C)[P+](c1ccccc1)(c1ccccc1)c1ccccc1.[Br-]. The molecular weight excluding hydrogens is 567 g/mol. The van der Waals surface area contributed by atoms with E-state index in [2.05, 4.69) is 157 Å². The Labute approximate surface area is 256 Å². The molecule has 0 bridgehead atoms. The quantitative estimate of drug-likeness (QED) is 0.142. The van der Waals surface area contributed by atoms with E-state index < -0.39 is 7.26 Å². The standard InChI is InChI=1S/C38H48P.BrH/c1-31(2)18-16-20-33(5)28-29-38(30-34(6)21-17-19-32(3)4)39(35-22-10-7-11-23-35,36-24-12-8-13-25-36)37-26-14-9-15-27-37;/h7-15,18-19,22-28,30,38H,16-17,20-21,29H2,1-6H3;1H/q+1;/p-1/b33-28+,34-30+;. The molecule has 2 heteroatoms. The van der Waals surface area contributed by atoms with Gasteiger partial charge in [-0.05, 0) is 110 Å². The molecule has 0 aliphatic carbocycles. The van der Waals surface area contributed by atoms with Crippen molar-refractivity contribution < 1.29 is 17.0 Å². The van der Waals surface area contributed by atoms with Gasteiger partial charge in [0.15, 0.2) is 0 Å². The molecule has 212 valence electrons. The van der Waals surface area contributed by atoms with Gasteiger partial charge in [-0.1, -0.05) is 95.1 Å². The van der Waals surface area contributed by atoms with E-state index >= 15 is 0 Å². The molecule has 1 unspecified atom stereocenters. The summed E-state index contributed by atoms with van der Waals surface area (Å²) in [5.74, 6) is 0. The van der Waals surface area contributed by atoms with Crippen molar-refractivity contribution in [1.29, 1.82) is 0 Å². The number of hydrogen-bond donors (Lipinski definition) is 0. The molecule has 40 heavy (non-hydrogen) atoms. The highest BCUT2D eigenvalue weighted by molar-refractivity contribution is 7.96. The van der Waals surface area contributed by atoms with E-state index in [4.69, 9.17) is 0 Å². The number of halogens is 1. The van der Waals surface area contributed by atoms with E-state index in [-0.39, 0.29) is 17.0 Å². The van der Waals surface area contributed by atoms with E-state index in [0.29, 0.717) is 5.66 Å². The van der Waals surface area contributed by atoms with E-state index in [0.717, 1.165) is 32.1 Å². The molecule has 3 aromatic carbocycles. The van der Waals surface area contributed by atoms with Crippen LogP contribution in [0.1, 0.15) is 73.6 Å². The van der Waals surface area contributed by atoms with Crippen molar-refractivity contribution in [2.45, 2.75) is 79.3 Å². The van der Waals surface area contributed by atoms with E-state index in [9.17, 15) is 0 Å². The number of allylic oxidation sites excluding steroid dienone is 8. The van der Waals surface area contributed by atoms with Crippen LogP contribution < -0.4 is 32.9 Å². The van der Waals surface area contributed by atoms with Crippen LogP contribution in [0.4, 0.5) is 0 Å². The smallest absolute Gasteiger partial charge is 0.119 e. The molecule has 0 aliphatic heterocycles. The molecule has 0 heterocycles. The second kappa shape index (κ2) is 17.4. The summed E-state index contributed by atoms with van der Waals surface area (Å²) in [6, 6.07) is 34.0. The Kier molecular flexibility index (Phi) is 14.6. The monoisotopic (exact) mass is 614 g/mol. The fourth-order valence-corrected chi connectivity index (χ4v) is 10.2. The zero-order chi connectivity index (χ0) is 28.1. The highest BCUT2D eigenvalue weighted by atomic mass is 79.9. The van der Waals surface area contributed by atoms with Gasteiger partial charge >= 0.3 is 0 Å². The van der Waals surface area contributed by atoms with E-state index in [1.807, 2.05) is 0 Å². The van der Waals surface area contributed by atoms with E-state index in [1.165, 1.54) is 38.2 Å². The second-order valence-corrected chi connectivity index (χ2v) is 14.9. The van der Waals surface area contributed by atoms with Crippen molar-refractivity contribution >= 4 is 23.2 Å². The van der Waals surface area contributed by atoms with Crippen LogP contribution in [0.25, 0.3) is 0 Å². The number of hydrogen-bond acceptors (Lipinski definition) is 0. The highest BCUT2D eigenvalue weighted by Gasteiger charge is 2.50. The van der Waals surface area contributed by atoms with Crippen LogP contribution in [-0.2, 0) is 0 Å². The van der Waals surface area contributed by atoms with Gasteiger partial charge in [0, 0.05) is 6.42 Å². The van der Waals surface area contributed by atoms with Gasteiger partial charge in [-0.2, -0.15) is 0 Å². The molecule has 0 amide bonds. The van der Waals surface area contributed by atoms with Crippen molar-refractivity contribution in [3.05, 3.63) is 138 Å². The summed E-state index contributed by atoms with van der Waals surface area (Å²) in [5, 5.41) is 4.36. The lowest BCUT2D eigenvalue weighted by Crippen LogP contribution is -3.00. The molecule has 0 saturated carbocycles. The zero-order valence-electron chi connectivity index (χ0n) is 25.4. The summed E-state index contributed by atoms with van der Waals surface area (Å²) in [6.07, 6.45) is 15.4. The summed E-state index contributed by atoms with van der Waals surface area (Å²) >= 11 is 0. The van der Waals surface area contributed by atoms with Crippen LogP contribution >= 0.6 is 7.26 Å². The summed E-state index contributed by atoms with van der Waals surface area (Å²) in [5.41, 5.74) is 6.14. The molecule has 0 fully saturated rings. The molecule has 0 aromatic heterocycles. The van der Waals surface area contributed by atoms with Crippen molar-refractivity contribution in [1.82, 2.24) is 0 Å². The lowest BCUT2D eigenvalue weighted by Gasteiger charge is -2.33. The van der Waals surface area contributed by atoms with Crippen LogP contribution in [-0.4, -0.2) is 5.66 Å². The number of rotatable bonds is 13. The molecule has 0 nitrogen and oxygen atoms in total. The Morgan fingerprint density at radius 2 is 0.925 bits per heavy atom. The van der Waals surface area contributed by atoms with Crippen LogP contribution in [0.3, 0.4) is 0 Å². The third kappa shape index (κ3) is 9.57. The van der Waals surface area contributed by atoms with Crippen LogP contribution in [0.2, 0.25) is 0 Å². The van der Waals surface area contributed by atoms with Gasteiger partial charge in [0.1, 0.15) is 28.8 Å². The van der Waals surface area contributed by atoms with Crippen LogP contribution in [0.15, 0.2) is 138 Å². The van der Waals surface area contributed by atoms with Crippen molar-refractivity contribution in [2.24, 2.45) is 0 Å². The predicted octanol–water partition coefficient (Wildman–Crippen LogP) is 7.13. The van der Waals surface area contributed by atoms with Crippen molar-refractivity contribution in [3.63, 3.8) is 0 Å². The maximum atomic E-state index is 2.64. The van der Waals surface area contributed by atoms with Gasteiger partial charge in [0.25, 0.3) is 0 Å². The summed E-state index contributed by atoms with van der Waals surface area (Å²) < 4.78 is 0. The normalized spacial score (nSPS) is 12.8. The Hall–Kier alpha value is -2.47. The minimum Gasteiger partial charge on any atom is -1.00 e. The lowest BCUT2D eigenvalue weighted by molar-refractivity contribution is -0.00000826. The maximum Gasteiger partial charge on any atom is 0.119 e. The Morgan fingerprint density at radius 3 is 1.30 bits per heavy atom. The lowest BCUT2D eigenvalue weighted by atomic mass is 10.1. The Bertz CT molecular complexity index is 1160. The molecule has 0 spiro atoms. The molecule has 3 aromatic rings. The fourth-order valence-electron chi connectivity index (χ4n) is 5.36. The zero-order valence-corrected chi connectivity index (χ0v) is 27.9. The maximum absolute atomic E-state index is 2.64. The first-order valence-electron chi connectivity index (χ1n) is 14.5. The minimum absolute atomic E-state index is 0. The van der Waals surface area contributed by atoms with Crippen molar-refractivity contribution in [3.8, 4) is 0 Å². The van der Waals surface area contributed by atoms with Gasteiger partial charge in [-0.15, -0.1) is 0 Å².